The minimum atomic E-state index is -1.69. The number of rotatable bonds is 4. The summed E-state index contributed by atoms with van der Waals surface area (Å²) in [5, 5.41) is 0.182. The molecular weight excluding hydrogens is 415 g/mol. The van der Waals surface area contributed by atoms with Gasteiger partial charge in [-0.1, -0.05) is 31.2 Å². The molecule has 0 spiro atoms. The van der Waals surface area contributed by atoms with Gasteiger partial charge >= 0.3 is 0 Å². The van der Waals surface area contributed by atoms with Gasteiger partial charge in [0.15, 0.2) is 0 Å². The molecule has 29 heavy (non-hydrogen) atoms. The van der Waals surface area contributed by atoms with Gasteiger partial charge in [0.25, 0.3) is 0 Å². The molecule has 2 aromatic rings. The average Bonchev–Trinajstić information content (AvgIpc) is 2.98. The molecule has 2 atom stereocenters. The minimum absolute atomic E-state index is 0.0803. The van der Waals surface area contributed by atoms with Crippen LogP contribution in [0.15, 0.2) is 30.3 Å². The summed E-state index contributed by atoms with van der Waals surface area (Å²) in [6, 6.07) is 4.42. The molecule has 7 heteroatoms. The minimum Gasteiger partial charge on any atom is -0.301 e. The molecule has 1 aliphatic rings. The van der Waals surface area contributed by atoms with Gasteiger partial charge in [0, 0.05) is 29.1 Å². The molecule has 2 unspecified atom stereocenters. The van der Waals surface area contributed by atoms with E-state index < -0.39 is 37.6 Å². The Bertz CT molecular complexity index is 1010. The Morgan fingerprint density at radius 1 is 1.21 bits per heavy atom. The van der Waals surface area contributed by atoms with Gasteiger partial charge in [0.1, 0.15) is 31.8 Å². The van der Waals surface area contributed by atoms with Crippen LogP contribution in [0.5, 0.6) is 0 Å². The fourth-order valence-corrected chi connectivity index (χ4v) is 4.40. The van der Waals surface area contributed by atoms with Crippen molar-refractivity contribution in [3.8, 4) is 11.5 Å². The average molecular weight is 436 g/mol. The molecule has 0 aromatic heterocycles. The highest BCUT2D eigenvalue weighted by atomic mass is 35.5. The molecule has 2 aromatic carbocycles. The number of aldehydes is 1. The van der Waals surface area contributed by atoms with Crippen molar-refractivity contribution in [1.82, 2.24) is 4.90 Å². The second-order valence-corrected chi connectivity index (χ2v) is 13.3. The van der Waals surface area contributed by atoms with Crippen LogP contribution < -0.4 is 0 Å². The van der Waals surface area contributed by atoms with E-state index in [1.807, 2.05) is 0 Å². The molecule has 0 amide bonds. The van der Waals surface area contributed by atoms with Crippen LogP contribution in [-0.2, 0) is 11.3 Å². The Balaban J connectivity index is 2.08. The monoisotopic (exact) mass is 435 g/mol. The predicted octanol–water partition coefficient (Wildman–Crippen LogP) is 5.83. The highest BCUT2D eigenvalue weighted by Gasteiger charge is 2.38. The van der Waals surface area contributed by atoms with Crippen molar-refractivity contribution in [2.75, 3.05) is 0 Å². The van der Waals surface area contributed by atoms with E-state index in [0.29, 0.717) is 17.4 Å². The van der Waals surface area contributed by atoms with Gasteiger partial charge in [-0.2, -0.15) is 0 Å². The van der Waals surface area contributed by atoms with E-state index in [4.69, 9.17) is 11.6 Å². The standard InChI is InChI=1S/C22H21ClF3NOSi/c1-29(2,3)8-4-5-21(17-11-15(24)6-7-19(17)25)27-12-18-16(22(27)13-28)9-14(23)10-20(18)26/h6-7,9-11,13,21-22H,5,12H2,1-3H3. The van der Waals surface area contributed by atoms with E-state index in [1.165, 1.54) is 6.07 Å². The fourth-order valence-electron chi connectivity index (χ4n) is 3.56. The maximum Gasteiger partial charge on any atom is 0.141 e. The van der Waals surface area contributed by atoms with E-state index in [2.05, 4.69) is 31.1 Å². The van der Waals surface area contributed by atoms with Crippen molar-refractivity contribution < 1.29 is 18.0 Å². The third-order valence-corrected chi connectivity index (χ3v) is 5.96. The lowest BCUT2D eigenvalue weighted by molar-refractivity contribution is -0.113. The first-order valence-electron chi connectivity index (χ1n) is 9.24. The Morgan fingerprint density at radius 2 is 1.93 bits per heavy atom. The number of halogens is 4. The highest BCUT2D eigenvalue weighted by molar-refractivity contribution is 6.83. The molecule has 0 bridgehead atoms. The molecule has 3 rings (SSSR count). The summed E-state index contributed by atoms with van der Waals surface area (Å²) in [4.78, 5) is 13.6. The van der Waals surface area contributed by atoms with Gasteiger partial charge in [-0.15, -0.1) is 11.5 Å². The van der Waals surface area contributed by atoms with Crippen LogP contribution in [0, 0.1) is 28.9 Å². The van der Waals surface area contributed by atoms with Crippen LogP contribution in [0.3, 0.4) is 0 Å². The molecule has 0 aliphatic carbocycles. The Labute approximate surface area is 174 Å². The summed E-state index contributed by atoms with van der Waals surface area (Å²) in [6.07, 6.45) is 0.871. The Kier molecular flexibility index (Phi) is 6.23. The highest BCUT2D eigenvalue weighted by Crippen LogP contribution is 2.42. The van der Waals surface area contributed by atoms with Crippen molar-refractivity contribution in [3.05, 3.63) is 69.5 Å². The van der Waals surface area contributed by atoms with Crippen LogP contribution >= 0.6 is 11.6 Å². The summed E-state index contributed by atoms with van der Waals surface area (Å²) in [6.45, 7) is 6.32. The zero-order valence-electron chi connectivity index (χ0n) is 16.4. The number of nitrogens with zero attached hydrogens (tertiary/aromatic N) is 1. The SMILES string of the molecule is C[Si](C)(C)C#CCC(c1cc(F)ccc1F)N1Cc2c(F)cc(Cl)cc2C1C=O. The summed E-state index contributed by atoms with van der Waals surface area (Å²) in [5.74, 6) is 1.39. The van der Waals surface area contributed by atoms with Crippen molar-refractivity contribution in [3.63, 3.8) is 0 Å². The third-order valence-electron chi connectivity index (χ3n) is 4.82. The van der Waals surface area contributed by atoms with E-state index in [1.54, 1.807) is 11.0 Å². The van der Waals surface area contributed by atoms with Gasteiger partial charge < -0.3 is 4.79 Å². The van der Waals surface area contributed by atoms with Crippen molar-refractivity contribution in [1.29, 1.82) is 0 Å². The molecule has 0 saturated carbocycles. The van der Waals surface area contributed by atoms with Gasteiger partial charge in [0.2, 0.25) is 0 Å². The third kappa shape index (κ3) is 4.75. The normalized spacial score (nSPS) is 17.4. The van der Waals surface area contributed by atoms with Crippen LogP contribution in [0.1, 0.15) is 35.2 Å². The summed E-state index contributed by atoms with van der Waals surface area (Å²) in [5.41, 5.74) is 4.10. The first-order valence-corrected chi connectivity index (χ1v) is 13.1. The lowest BCUT2D eigenvalue weighted by atomic mass is 9.99. The molecule has 1 heterocycles. The van der Waals surface area contributed by atoms with E-state index >= 15 is 0 Å². The molecule has 0 fully saturated rings. The van der Waals surface area contributed by atoms with Crippen molar-refractivity contribution in [2.45, 2.75) is 44.7 Å². The first-order chi connectivity index (χ1) is 13.6. The molecule has 0 N–H and O–H groups in total. The topological polar surface area (TPSA) is 20.3 Å². The van der Waals surface area contributed by atoms with Gasteiger partial charge in [-0.05, 0) is 35.9 Å². The Morgan fingerprint density at radius 3 is 2.59 bits per heavy atom. The van der Waals surface area contributed by atoms with E-state index in [0.717, 1.165) is 18.2 Å². The molecule has 2 nitrogen and oxygen atoms in total. The largest absolute Gasteiger partial charge is 0.301 e. The van der Waals surface area contributed by atoms with Gasteiger partial charge in [0.05, 0.1) is 12.1 Å². The number of hydrogen-bond donors (Lipinski definition) is 0. The molecule has 152 valence electrons. The molecular formula is C22H21ClF3NOSi. The summed E-state index contributed by atoms with van der Waals surface area (Å²) in [7, 11) is -1.69. The van der Waals surface area contributed by atoms with Crippen LogP contribution in [-0.4, -0.2) is 19.3 Å². The smallest absolute Gasteiger partial charge is 0.141 e. The predicted molar refractivity (Wildman–Crippen MR) is 111 cm³/mol. The number of fused-ring (bicyclic) bond motifs is 1. The maximum absolute atomic E-state index is 14.6. The quantitative estimate of drug-likeness (QED) is 0.342. The van der Waals surface area contributed by atoms with Crippen molar-refractivity contribution in [2.24, 2.45) is 0 Å². The number of carbonyl (C=O) groups excluding carboxylic acids is 1. The van der Waals surface area contributed by atoms with E-state index in [-0.39, 0.29) is 23.6 Å². The number of hydrogen-bond acceptors (Lipinski definition) is 2. The lowest BCUT2D eigenvalue weighted by Gasteiger charge is -2.30. The van der Waals surface area contributed by atoms with Crippen molar-refractivity contribution >= 4 is 26.0 Å². The second kappa shape index (κ2) is 8.35. The number of benzene rings is 2. The lowest BCUT2D eigenvalue weighted by Crippen LogP contribution is -2.29. The zero-order valence-corrected chi connectivity index (χ0v) is 18.2. The summed E-state index contributed by atoms with van der Waals surface area (Å²) < 4.78 is 43.0. The summed E-state index contributed by atoms with van der Waals surface area (Å²) >= 11 is 5.97. The Hall–Kier alpha value is -2.07. The fraction of sp³-hybridized carbons (Fsp3) is 0.318. The molecule has 1 aliphatic heterocycles. The molecule has 0 saturated heterocycles. The van der Waals surface area contributed by atoms with Gasteiger partial charge in [-0.3, -0.25) is 4.90 Å². The van der Waals surface area contributed by atoms with Crippen LogP contribution in [0.25, 0.3) is 0 Å². The second-order valence-electron chi connectivity index (χ2n) is 8.15. The van der Waals surface area contributed by atoms with Gasteiger partial charge in [-0.25, -0.2) is 13.2 Å². The number of carbonyl (C=O) groups is 1. The van der Waals surface area contributed by atoms with Crippen LogP contribution in [0.4, 0.5) is 13.2 Å². The maximum atomic E-state index is 14.6. The first kappa shape index (κ1) is 21.6. The molecule has 0 radical (unpaired) electrons. The van der Waals surface area contributed by atoms with E-state index in [9.17, 15) is 18.0 Å². The van der Waals surface area contributed by atoms with Crippen LogP contribution in [0.2, 0.25) is 24.7 Å². The zero-order chi connectivity index (χ0) is 21.3.